The highest BCUT2D eigenvalue weighted by Gasteiger charge is 2.08. The summed E-state index contributed by atoms with van der Waals surface area (Å²) in [5, 5.41) is 7.61. The molecular formula is C14H11N3OS2. The highest BCUT2D eigenvalue weighted by molar-refractivity contribution is 7.09. The van der Waals surface area contributed by atoms with Crippen LogP contribution in [0, 0.1) is 6.92 Å². The Bertz CT molecular complexity index is 717. The minimum atomic E-state index is -0.191. The Morgan fingerprint density at radius 1 is 1.20 bits per heavy atom. The molecule has 1 aromatic carbocycles. The number of thiazole rings is 2. The van der Waals surface area contributed by atoms with E-state index in [0.29, 0.717) is 5.69 Å². The summed E-state index contributed by atoms with van der Waals surface area (Å²) in [6.45, 7) is 1.98. The number of rotatable bonds is 3. The third kappa shape index (κ3) is 2.76. The molecule has 2 aromatic heterocycles. The highest BCUT2D eigenvalue weighted by atomic mass is 32.1. The maximum atomic E-state index is 11.9. The van der Waals surface area contributed by atoms with Crippen molar-refractivity contribution in [3.05, 3.63) is 51.2 Å². The minimum Gasteiger partial charge on any atom is -0.321 e. The van der Waals surface area contributed by atoms with E-state index in [4.69, 9.17) is 0 Å². The summed E-state index contributed by atoms with van der Waals surface area (Å²) in [5.74, 6) is -0.191. The molecule has 0 aliphatic rings. The van der Waals surface area contributed by atoms with Crippen LogP contribution in [0.3, 0.4) is 0 Å². The highest BCUT2D eigenvalue weighted by Crippen LogP contribution is 2.23. The quantitative estimate of drug-likeness (QED) is 0.800. The Kier molecular flexibility index (Phi) is 3.58. The molecule has 0 fully saturated rings. The Morgan fingerprint density at radius 3 is 2.60 bits per heavy atom. The first kappa shape index (κ1) is 13.0. The number of carbonyl (C=O) groups excluding carboxylic acids is 1. The van der Waals surface area contributed by atoms with E-state index in [-0.39, 0.29) is 5.91 Å². The number of hydrogen-bond donors (Lipinski definition) is 1. The molecule has 0 unspecified atom stereocenters. The maximum absolute atomic E-state index is 11.9. The first-order valence-electron chi connectivity index (χ1n) is 5.94. The van der Waals surface area contributed by atoms with Gasteiger partial charge in [0.25, 0.3) is 5.91 Å². The molecule has 0 spiro atoms. The molecule has 100 valence electrons. The zero-order valence-corrected chi connectivity index (χ0v) is 12.3. The van der Waals surface area contributed by atoms with E-state index in [0.717, 1.165) is 22.0 Å². The summed E-state index contributed by atoms with van der Waals surface area (Å²) in [4.78, 5) is 20.3. The monoisotopic (exact) mass is 301 g/mol. The SMILES string of the molecule is Cc1nc(-c2ccc(NC(=O)c3cscn3)cc2)cs1. The van der Waals surface area contributed by atoms with Gasteiger partial charge in [-0.2, -0.15) is 0 Å². The number of hydrogen-bond acceptors (Lipinski definition) is 5. The van der Waals surface area contributed by atoms with Crippen molar-refractivity contribution in [3.8, 4) is 11.3 Å². The van der Waals surface area contributed by atoms with Crippen LogP contribution in [0.15, 0.2) is 40.5 Å². The molecule has 1 N–H and O–H groups in total. The van der Waals surface area contributed by atoms with Gasteiger partial charge in [-0.15, -0.1) is 22.7 Å². The van der Waals surface area contributed by atoms with Crippen molar-refractivity contribution in [2.24, 2.45) is 0 Å². The van der Waals surface area contributed by atoms with E-state index in [2.05, 4.69) is 15.3 Å². The van der Waals surface area contributed by atoms with Gasteiger partial charge in [0.1, 0.15) is 5.69 Å². The number of amides is 1. The summed E-state index contributed by atoms with van der Waals surface area (Å²) in [6.07, 6.45) is 0. The van der Waals surface area contributed by atoms with Crippen LogP contribution < -0.4 is 5.32 Å². The van der Waals surface area contributed by atoms with E-state index in [1.54, 1.807) is 22.2 Å². The number of aryl methyl sites for hydroxylation is 1. The largest absolute Gasteiger partial charge is 0.321 e. The minimum absolute atomic E-state index is 0.191. The van der Waals surface area contributed by atoms with Crippen LogP contribution in [0.25, 0.3) is 11.3 Å². The summed E-state index contributed by atoms with van der Waals surface area (Å²) < 4.78 is 0. The van der Waals surface area contributed by atoms with Gasteiger partial charge in [-0.05, 0) is 19.1 Å². The first-order valence-corrected chi connectivity index (χ1v) is 7.77. The Morgan fingerprint density at radius 2 is 2.00 bits per heavy atom. The molecular weight excluding hydrogens is 290 g/mol. The topological polar surface area (TPSA) is 54.9 Å². The van der Waals surface area contributed by atoms with Crippen molar-refractivity contribution in [1.29, 1.82) is 0 Å². The van der Waals surface area contributed by atoms with Crippen LogP contribution in [0.1, 0.15) is 15.5 Å². The summed E-state index contributed by atoms with van der Waals surface area (Å²) in [7, 11) is 0. The van der Waals surface area contributed by atoms with Crippen LogP contribution >= 0.6 is 22.7 Å². The van der Waals surface area contributed by atoms with Gasteiger partial charge in [0.05, 0.1) is 16.2 Å². The lowest BCUT2D eigenvalue weighted by molar-refractivity contribution is 0.102. The molecule has 0 saturated heterocycles. The lowest BCUT2D eigenvalue weighted by Crippen LogP contribution is -2.11. The standard InChI is InChI=1S/C14H11N3OS2/c1-9-16-12(7-20-9)10-2-4-11(5-3-10)17-14(18)13-6-19-8-15-13/h2-8H,1H3,(H,17,18). The molecule has 0 saturated carbocycles. The number of carbonyl (C=O) groups is 1. The van der Waals surface area contributed by atoms with Gasteiger partial charge in [0.2, 0.25) is 0 Å². The third-order valence-corrected chi connectivity index (χ3v) is 4.08. The van der Waals surface area contributed by atoms with E-state index in [9.17, 15) is 4.79 Å². The zero-order valence-electron chi connectivity index (χ0n) is 10.7. The molecule has 1 amide bonds. The van der Waals surface area contributed by atoms with Gasteiger partial charge < -0.3 is 5.32 Å². The molecule has 4 nitrogen and oxygen atoms in total. The molecule has 0 aliphatic carbocycles. The predicted molar refractivity (Wildman–Crippen MR) is 82.4 cm³/mol. The van der Waals surface area contributed by atoms with Gasteiger partial charge in [0.15, 0.2) is 0 Å². The predicted octanol–water partition coefficient (Wildman–Crippen LogP) is 3.83. The van der Waals surface area contributed by atoms with Crippen LogP contribution in [-0.4, -0.2) is 15.9 Å². The number of aromatic nitrogens is 2. The van der Waals surface area contributed by atoms with Crippen LogP contribution in [-0.2, 0) is 0 Å². The molecule has 6 heteroatoms. The molecule has 3 rings (SSSR count). The fraction of sp³-hybridized carbons (Fsp3) is 0.0714. The van der Waals surface area contributed by atoms with E-state index in [1.165, 1.54) is 11.3 Å². The molecule has 0 radical (unpaired) electrons. The molecule has 3 aromatic rings. The van der Waals surface area contributed by atoms with E-state index >= 15 is 0 Å². The van der Waals surface area contributed by atoms with Gasteiger partial charge in [-0.1, -0.05) is 12.1 Å². The Hall–Kier alpha value is -2.05. The van der Waals surface area contributed by atoms with Crippen molar-refractivity contribution >= 4 is 34.3 Å². The number of anilines is 1. The number of nitrogens with one attached hydrogen (secondary N) is 1. The van der Waals surface area contributed by atoms with Crippen molar-refractivity contribution in [1.82, 2.24) is 9.97 Å². The smallest absolute Gasteiger partial charge is 0.275 e. The molecule has 0 aliphatic heterocycles. The van der Waals surface area contributed by atoms with Gasteiger partial charge in [-0.25, -0.2) is 9.97 Å². The lowest BCUT2D eigenvalue weighted by atomic mass is 10.1. The molecule has 0 bridgehead atoms. The van der Waals surface area contributed by atoms with Crippen molar-refractivity contribution in [2.45, 2.75) is 6.92 Å². The third-order valence-electron chi connectivity index (χ3n) is 2.72. The second-order valence-corrected chi connectivity index (χ2v) is 5.94. The van der Waals surface area contributed by atoms with Crippen molar-refractivity contribution in [2.75, 3.05) is 5.32 Å². The average Bonchev–Trinajstić information content (AvgIpc) is 3.10. The second-order valence-electron chi connectivity index (χ2n) is 4.16. The normalized spacial score (nSPS) is 10.4. The summed E-state index contributed by atoms with van der Waals surface area (Å²) in [6, 6.07) is 7.64. The van der Waals surface area contributed by atoms with Crippen LogP contribution in [0.2, 0.25) is 0 Å². The number of nitrogens with zero attached hydrogens (tertiary/aromatic N) is 2. The fourth-order valence-electron chi connectivity index (χ4n) is 1.74. The first-order chi connectivity index (χ1) is 9.72. The van der Waals surface area contributed by atoms with Gasteiger partial charge >= 0.3 is 0 Å². The van der Waals surface area contributed by atoms with Gasteiger partial charge in [0, 0.05) is 22.0 Å². The number of benzene rings is 1. The lowest BCUT2D eigenvalue weighted by Gasteiger charge is -2.04. The molecule has 0 atom stereocenters. The Balaban J connectivity index is 1.75. The van der Waals surface area contributed by atoms with Crippen LogP contribution in [0.4, 0.5) is 5.69 Å². The van der Waals surface area contributed by atoms with E-state index < -0.39 is 0 Å². The average molecular weight is 301 g/mol. The Labute approximate surface area is 124 Å². The van der Waals surface area contributed by atoms with Crippen molar-refractivity contribution in [3.63, 3.8) is 0 Å². The van der Waals surface area contributed by atoms with Gasteiger partial charge in [-0.3, -0.25) is 4.79 Å². The molecule has 2 heterocycles. The summed E-state index contributed by atoms with van der Waals surface area (Å²) in [5.41, 5.74) is 4.83. The zero-order chi connectivity index (χ0) is 13.9. The fourth-order valence-corrected chi connectivity index (χ4v) is 2.89. The summed E-state index contributed by atoms with van der Waals surface area (Å²) >= 11 is 3.03. The maximum Gasteiger partial charge on any atom is 0.275 e. The van der Waals surface area contributed by atoms with Crippen molar-refractivity contribution < 1.29 is 4.79 Å². The van der Waals surface area contributed by atoms with E-state index in [1.807, 2.05) is 36.6 Å². The second kappa shape index (κ2) is 5.52. The molecule has 20 heavy (non-hydrogen) atoms. The van der Waals surface area contributed by atoms with Crippen LogP contribution in [0.5, 0.6) is 0 Å².